The molecule has 15 heavy (non-hydrogen) atoms. The van der Waals surface area contributed by atoms with Gasteiger partial charge < -0.3 is 5.73 Å². The van der Waals surface area contributed by atoms with Crippen LogP contribution in [0.2, 0.25) is 0 Å². The molecule has 1 atom stereocenters. The van der Waals surface area contributed by atoms with E-state index in [0.717, 1.165) is 37.8 Å². The summed E-state index contributed by atoms with van der Waals surface area (Å²) in [6.45, 7) is 8.67. The monoisotopic (exact) mass is 211 g/mol. The Labute approximate surface area is 93.9 Å². The number of carbonyl (C=O) groups is 1. The Morgan fingerprint density at radius 3 is 2.40 bits per heavy atom. The SMILES string of the molecule is C=C(C)CCC(=O)CCC(CC)CCN. The quantitative estimate of drug-likeness (QED) is 0.596. The molecule has 0 aromatic heterocycles. The number of allylic oxidation sites excluding steroid dienone is 1. The van der Waals surface area contributed by atoms with Crippen LogP contribution in [0.4, 0.5) is 0 Å². The third-order valence-electron chi connectivity index (χ3n) is 2.81. The van der Waals surface area contributed by atoms with E-state index in [-0.39, 0.29) is 0 Å². The number of hydrogen-bond donors (Lipinski definition) is 1. The standard InChI is InChI=1S/C13H25NO/c1-4-12(9-10-14)6-8-13(15)7-5-11(2)3/h12H,2,4-10,14H2,1,3H3. The molecule has 0 rings (SSSR count). The van der Waals surface area contributed by atoms with Gasteiger partial charge in [-0.1, -0.05) is 18.9 Å². The molecule has 0 saturated carbocycles. The molecule has 0 radical (unpaired) electrons. The van der Waals surface area contributed by atoms with Gasteiger partial charge >= 0.3 is 0 Å². The van der Waals surface area contributed by atoms with E-state index in [1.165, 1.54) is 0 Å². The van der Waals surface area contributed by atoms with Crippen molar-refractivity contribution in [2.24, 2.45) is 11.7 Å². The van der Waals surface area contributed by atoms with Crippen molar-refractivity contribution in [3.8, 4) is 0 Å². The lowest BCUT2D eigenvalue weighted by atomic mass is 9.94. The van der Waals surface area contributed by atoms with Gasteiger partial charge in [0.2, 0.25) is 0 Å². The van der Waals surface area contributed by atoms with Crippen molar-refractivity contribution in [3.63, 3.8) is 0 Å². The molecule has 2 nitrogen and oxygen atoms in total. The van der Waals surface area contributed by atoms with Crippen LogP contribution < -0.4 is 5.73 Å². The Kier molecular flexibility index (Phi) is 8.30. The maximum Gasteiger partial charge on any atom is 0.133 e. The summed E-state index contributed by atoms with van der Waals surface area (Å²) in [5, 5.41) is 0. The van der Waals surface area contributed by atoms with E-state index in [2.05, 4.69) is 13.5 Å². The topological polar surface area (TPSA) is 43.1 Å². The van der Waals surface area contributed by atoms with Crippen LogP contribution in [0.5, 0.6) is 0 Å². The highest BCUT2D eigenvalue weighted by molar-refractivity contribution is 5.78. The van der Waals surface area contributed by atoms with Gasteiger partial charge in [-0.05, 0) is 38.6 Å². The number of ketones is 1. The highest BCUT2D eigenvalue weighted by atomic mass is 16.1. The zero-order valence-electron chi connectivity index (χ0n) is 10.2. The normalized spacial score (nSPS) is 12.5. The predicted octanol–water partition coefficient (Wildman–Crippen LogP) is 3.07. The average Bonchev–Trinajstić information content (AvgIpc) is 2.21. The lowest BCUT2D eigenvalue weighted by molar-refractivity contribution is -0.119. The number of nitrogens with two attached hydrogens (primary N) is 1. The summed E-state index contributed by atoms with van der Waals surface area (Å²) in [7, 11) is 0. The Hall–Kier alpha value is -0.630. The fourth-order valence-electron chi connectivity index (χ4n) is 1.63. The third-order valence-corrected chi connectivity index (χ3v) is 2.81. The molecular formula is C13H25NO. The molecule has 0 fully saturated rings. The van der Waals surface area contributed by atoms with Crippen LogP contribution in [0.15, 0.2) is 12.2 Å². The van der Waals surface area contributed by atoms with Crippen LogP contribution >= 0.6 is 0 Å². The van der Waals surface area contributed by atoms with Crippen molar-refractivity contribution in [1.82, 2.24) is 0 Å². The Morgan fingerprint density at radius 2 is 1.93 bits per heavy atom. The largest absolute Gasteiger partial charge is 0.330 e. The summed E-state index contributed by atoms with van der Waals surface area (Å²) < 4.78 is 0. The lowest BCUT2D eigenvalue weighted by Gasteiger charge is -2.12. The Balaban J connectivity index is 3.63. The summed E-state index contributed by atoms with van der Waals surface area (Å²) in [6, 6.07) is 0. The summed E-state index contributed by atoms with van der Waals surface area (Å²) in [6.07, 6.45) is 5.39. The second-order valence-corrected chi connectivity index (χ2v) is 4.39. The van der Waals surface area contributed by atoms with Gasteiger partial charge in [-0.25, -0.2) is 0 Å². The summed E-state index contributed by atoms with van der Waals surface area (Å²) >= 11 is 0. The minimum absolute atomic E-state index is 0.369. The molecule has 0 aromatic carbocycles. The average molecular weight is 211 g/mol. The van der Waals surface area contributed by atoms with E-state index in [0.29, 0.717) is 24.5 Å². The number of carbonyl (C=O) groups excluding carboxylic acids is 1. The molecule has 2 N–H and O–H groups in total. The van der Waals surface area contributed by atoms with Gasteiger partial charge in [-0.2, -0.15) is 0 Å². The van der Waals surface area contributed by atoms with Crippen molar-refractivity contribution in [2.75, 3.05) is 6.54 Å². The first-order chi connectivity index (χ1) is 7.10. The molecule has 0 aliphatic rings. The molecular weight excluding hydrogens is 186 g/mol. The maximum atomic E-state index is 11.5. The lowest BCUT2D eigenvalue weighted by Crippen LogP contribution is -2.10. The molecule has 0 heterocycles. The van der Waals surface area contributed by atoms with Crippen LogP contribution in [-0.2, 0) is 4.79 Å². The first-order valence-corrected chi connectivity index (χ1v) is 5.96. The molecule has 0 aromatic rings. The molecule has 0 aliphatic heterocycles. The van der Waals surface area contributed by atoms with Crippen LogP contribution in [0, 0.1) is 5.92 Å². The van der Waals surface area contributed by atoms with Crippen LogP contribution in [0.3, 0.4) is 0 Å². The van der Waals surface area contributed by atoms with Gasteiger partial charge in [0, 0.05) is 12.8 Å². The Morgan fingerprint density at radius 1 is 1.27 bits per heavy atom. The molecule has 2 heteroatoms. The summed E-state index contributed by atoms with van der Waals surface area (Å²) in [5.41, 5.74) is 6.61. The molecule has 1 unspecified atom stereocenters. The van der Waals surface area contributed by atoms with Gasteiger partial charge in [-0.15, -0.1) is 6.58 Å². The number of Topliss-reactive ketones (excluding diaryl/α,β-unsaturated/α-hetero) is 1. The van der Waals surface area contributed by atoms with Crippen molar-refractivity contribution in [2.45, 2.75) is 52.4 Å². The van der Waals surface area contributed by atoms with Crippen molar-refractivity contribution in [1.29, 1.82) is 0 Å². The highest BCUT2D eigenvalue weighted by Crippen LogP contribution is 2.16. The van der Waals surface area contributed by atoms with E-state index in [4.69, 9.17) is 5.73 Å². The molecule has 0 aliphatic carbocycles. The number of rotatable bonds is 9. The summed E-state index contributed by atoms with van der Waals surface area (Å²) in [4.78, 5) is 11.5. The summed E-state index contributed by atoms with van der Waals surface area (Å²) in [5.74, 6) is 0.997. The fourth-order valence-corrected chi connectivity index (χ4v) is 1.63. The molecule has 0 spiro atoms. The Bertz CT molecular complexity index is 199. The van der Waals surface area contributed by atoms with E-state index < -0.39 is 0 Å². The second-order valence-electron chi connectivity index (χ2n) is 4.39. The van der Waals surface area contributed by atoms with E-state index in [1.807, 2.05) is 6.92 Å². The van der Waals surface area contributed by atoms with Gasteiger partial charge in [0.15, 0.2) is 0 Å². The maximum absolute atomic E-state index is 11.5. The van der Waals surface area contributed by atoms with Crippen molar-refractivity contribution < 1.29 is 4.79 Å². The van der Waals surface area contributed by atoms with Crippen LogP contribution in [-0.4, -0.2) is 12.3 Å². The third kappa shape index (κ3) is 8.37. The van der Waals surface area contributed by atoms with E-state index >= 15 is 0 Å². The van der Waals surface area contributed by atoms with E-state index in [1.54, 1.807) is 0 Å². The van der Waals surface area contributed by atoms with Crippen molar-refractivity contribution >= 4 is 5.78 Å². The zero-order valence-corrected chi connectivity index (χ0v) is 10.2. The first kappa shape index (κ1) is 14.4. The smallest absolute Gasteiger partial charge is 0.133 e. The molecule has 88 valence electrons. The minimum Gasteiger partial charge on any atom is -0.330 e. The van der Waals surface area contributed by atoms with Gasteiger partial charge in [0.1, 0.15) is 5.78 Å². The van der Waals surface area contributed by atoms with Crippen molar-refractivity contribution in [3.05, 3.63) is 12.2 Å². The zero-order chi connectivity index (χ0) is 11.7. The molecule has 0 saturated heterocycles. The van der Waals surface area contributed by atoms with Gasteiger partial charge in [0.05, 0.1) is 0 Å². The second kappa shape index (κ2) is 8.66. The predicted molar refractivity (Wildman–Crippen MR) is 65.7 cm³/mol. The molecule has 0 amide bonds. The van der Waals surface area contributed by atoms with Gasteiger partial charge in [0.25, 0.3) is 0 Å². The van der Waals surface area contributed by atoms with Crippen LogP contribution in [0.1, 0.15) is 52.4 Å². The fraction of sp³-hybridized carbons (Fsp3) is 0.769. The minimum atomic E-state index is 0.369. The van der Waals surface area contributed by atoms with Gasteiger partial charge in [-0.3, -0.25) is 4.79 Å². The van der Waals surface area contributed by atoms with E-state index in [9.17, 15) is 4.79 Å². The first-order valence-electron chi connectivity index (χ1n) is 5.96. The highest BCUT2D eigenvalue weighted by Gasteiger charge is 2.08. The molecule has 0 bridgehead atoms. The van der Waals surface area contributed by atoms with Crippen LogP contribution in [0.25, 0.3) is 0 Å². The number of hydrogen-bond acceptors (Lipinski definition) is 2.